The van der Waals surface area contributed by atoms with Crippen LogP contribution in [0.15, 0.2) is 22.7 Å². The minimum Gasteiger partial charge on any atom is -0.294 e. The second-order valence-corrected chi connectivity index (χ2v) is 7.75. The van der Waals surface area contributed by atoms with Crippen LogP contribution in [-0.2, 0) is 9.59 Å². The van der Waals surface area contributed by atoms with Crippen molar-refractivity contribution in [2.24, 2.45) is 5.92 Å². The number of hydrogen-bond donors (Lipinski definition) is 3. The fourth-order valence-corrected chi connectivity index (χ4v) is 3.43. The second-order valence-electron chi connectivity index (χ2n) is 6.83. The molecule has 3 aromatic rings. The van der Waals surface area contributed by atoms with Gasteiger partial charge in [-0.25, -0.2) is 0 Å². The highest BCUT2D eigenvalue weighted by Gasteiger charge is 2.37. The first-order chi connectivity index (χ1) is 12.9. The number of H-pyrrole nitrogens is 2. The quantitative estimate of drug-likeness (QED) is 0.586. The van der Waals surface area contributed by atoms with Gasteiger partial charge in [0, 0.05) is 28.7 Å². The number of carbonyl (C=O) groups excluding carboxylic acids is 2. The summed E-state index contributed by atoms with van der Waals surface area (Å²) < 4.78 is 0.919. The van der Waals surface area contributed by atoms with Crippen LogP contribution in [0.4, 0.5) is 11.8 Å². The van der Waals surface area contributed by atoms with E-state index in [0.717, 1.165) is 15.4 Å². The first-order valence-corrected chi connectivity index (χ1v) is 9.39. The molecule has 3 heterocycles. The minimum atomic E-state index is -0.485. The van der Waals surface area contributed by atoms with Crippen LogP contribution in [0.2, 0.25) is 0 Å². The molecule has 0 aliphatic carbocycles. The van der Waals surface area contributed by atoms with E-state index >= 15 is 0 Å². The number of aromatic amines is 2. The van der Waals surface area contributed by atoms with Gasteiger partial charge in [-0.3, -0.25) is 30.0 Å². The van der Waals surface area contributed by atoms with E-state index in [2.05, 4.69) is 46.6 Å². The fourth-order valence-electron chi connectivity index (χ4n) is 3.07. The summed E-state index contributed by atoms with van der Waals surface area (Å²) in [6.45, 7) is 4.22. The molecule has 27 heavy (non-hydrogen) atoms. The molecule has 2 amide bonds. The largest absolute Gasteiger partial charge is 0.294 e. The average Bonchev–Trinajstić information content (AvgIpc) is 3.32. The van der Waals surface area contributed by atoms with Crippen molar-refractivity contribution in [1.29, 1.82) is 0 Å². The van der Waals surface area contributed by atoms with E-state index in [1.54, 1.807) is 4.90 Å². The van der Waals surface area contributed by atoms with Crippen molar-refractivity contribution in [1.82, 2.24) is 25.4 Å². The standard InChI is InChI=1S/C17H18BrN7O2/c1-8(2)14-19-17(24-22-14)20-16(27)9-5-13(26)25(7-9)15-11-4-3-10(18)6-12(11)21-23-15/h3-4,6,8-9H,5,7H2,1-2H3,(H,21,23)(H2,19,20,22,24,27)/t9-/m0/s1. The van der Waals surface area contributed by atoms with E-state index in [-0.39, 0.29) is 36.6 Å². The van der Waals surface area contributed by atoms with Crippen LogP contribution in [0.3, 0.4) is 0 Å². The molecular weight excluding hydrogens is 414 g/mol. The highest BCUT2D eigenvalue weighted by atomic mass is 79.9. The van der Waals surface area contributed by atoms with Crippen LogP contribution >= 0.6 is 15.9 Å². The third-order valence-electron chi connectivity index (χ3n) is 4.54. The average molecular weight is 432 g/mol. The summed E-state index contributed by atoms with van der Waals surface area (Å²) in [5, 5.41) is 17.5. The Morgan fingerprint density at radius 1 is 1.33 bits per heavy atom. The lowest BCUT2D eigenvalue weighted by molar-refractivity contribution is -0.122. The molecule has 9 nitrogen and oxygen atoms in total. The molecule has 140 valence electrons. The van der Waals surface area contributed by atoms with Crippen molar-refractivity contribution in [3.05, 3.63) is 28.5 Å². The highest BCUT2D eigenvalue weighted by molar-refractivity contribution is 9.10. The molecular formula is C17H18BrN7O2. The SMILES string of the molecule is CC(C)c1nc(NC(=O)[C@H]2CC(=O)N(c3n[nH]c4cc(Br)ccc34)C2)n[nH]1. The molecule has 2 aromatic heterocycles. The summed E-state index contributed by atoms with van der Waals surface area (Å²) in [7, 11) is 0. The predicted molar refractivity (Wildman–Crippen MR) is 103 cm³/mol. The lowest BCUT2D eigenvalue weighted by Crippen LogP contribution is -2.28. The Kier molecular flexibility index (Phi) is 4.42. The number of halogens is 1. The van der Waals surface area contributed by atoms with E-state index in [9.17, 15) is 9.59 Å². The van der Waals surface area contributed by atoms with E-state index in [1.165, 1.54) is 0 Å². The first-order valence-electron chi connectivity index (χ1n) is 8.59. The second kappa shape index (κ2) is 6.76. The van der Waals surface area contributed by atoms with Crippen LogP contribution in [-0.4, -0.2) is 43.7 Å². The molecule has 3 N–H and O–H groups in total. The van der Waals surface area contributed by atoms with Crippen LogP contribution in [0.25, 0.3) is 10.9 Å². The Labute approximate surface area is 163 Å². The zero-order chi connectivity index (χ0) is 19.1. The van der Waals surface area contributed by atoms with E-state index in [1.807, 2.05) is 32.0 Å². The van der Waals surface area contributed by atoms with Crippen LogP contribution < -0.4 is 10.2 Å². The van der Waals surface area contributed by atoms with E-state index in [0.29, 0.717) is 11.6 Å². The Morgan fingerprint density at radius 2 is 2.15 bits per heavy atom. The first kappa shape index (κ1) is 17.7. The number of carbonyl (C=O) groups is 2. The Bertz CT molecular complexity index is 1030. The molecule has 0 bridgehead atoms. The number of amides is 2. The van der Waals surface area contributed by atoms with Crippen LogP contribution in [0.1, 0.15) is 32.0 Å². The van der Waals surface area contributed by atoms with Crippen molar-refractivity contribution in [2.45, 2.75) is 26.2 Å². The summed E-state index contributed by atoms with van der Waals surface area (Å²) in [5.41, 5.74) is 0.821. The molecule has 10 heteroatoms. The summed E-state index contributed by atoms with van der Waals surface area (Å²) >= 11 is 3.41. The number of fused-ring (bicyclic) bond motifs is 1. The molecule has 1 aliphatic heterocycles. The molecule has 1 aliphatic rings. The zero-order valence-electron chi connectivity index (χ0n) is 14.8. The molecule has 4 rings (SSSR count). The topological polar surface area (TPSA) is 120 Å². The Hall–Kier alpha value is -2.75. The minimum absolute atomic E-state index is 0.123. The van der Waals surface area contributed by atoms with Gasteiger partial charge < -0.3 is 0 Å². The number of benzene rings is 1. The maximum absolute atomic E-state index is 12.5. The van der Waals surface area contributed by atoms with Crippen LogP contribution in [0.5, 0.6) is 0 Å². The Morgan fingerprint density at radius 3 is 2.89 bits per heavy atom. The maximum Gasteiger partial charge on any atom is 0.248 e. The third-order valence-corrected chi connectivity index (χ3v) is 5.03. The van der Waals surface area contributed by atoms with Crippen molar-refractivity contribution in [2.75, 3.05) is 16.8 Å². The number of nitrogens with one attached hydrogen (secondary N) is 3. The summed E-state index contributed by atoms with van der Waals surface area (Å²) in [6.07, 6.45) is 0.123. The molecule has 1 aromatic carbocycles. The molecule has 0 saturated carbocycles. The lowest BCUT2D eigenvalue weighted by atomic mass is 10.1. The fraction of sp³-hybridized carbons (Fsp3) is 0.353. The number of rotatable bonds is 4. The van der Waals surface area contributed by atoms with E-state index < -0.39 is 5.92 Å². The van der Waals surface area contributed by atoms with Crippen molar-refractivity contribution in [3.63, 3.8) is 0 Å². The zero-order valence-corrected chi connectivity index (χ0v) is 16.4. The lowest BCUT2D eigenvalue weighted by Gasteiger charge is -2.13. The van der Waals surface area contributed by atoms with Gasteiger partial charge in [0.1, 0.15) is 5.82 Å². The smallest absolute Gasteiger partial charge is 0.248 e. The monoisotopic (exact) mass is 431 g/mol. The molecule has 1 fully saturated rings. The maximum atomic E-state index is 12.5. The Balaban J connectivity index is 1.50. The van der Waals surface area contributed by atoms with Gasteiger partial charge >= 0.3 is 0 Å². The van der Waals surface area contributed by atoms with E-state index in [4.69, 9.17) is 0 Å². The normalized spacial score (nSPS) is 17.3. The van der Waals surface area contributed by atoms with Crippen LogP contribution in [0, 0.1) is 5.92 Å². The van der Waals surface area contributed by atoms with Crippen molar-refractivity contribution in [3.8, 4) is 0 Å². The van der Waals surface area contributed by atoms with Gasteiger partial charge in [0.2, 0.25) is 17.8 Å². The summed E-state index contributed by atoms with van der Waals surface area (Å²) in [6, 6.07) is 5.67. The van der Waals surface area contributed by atoms with Crippen molar-refractivity contribution < 1.29 is 9.59 Å². The molecule has 0 spiro atoms. The molecule has 0 unspecified atom stereocenters. The van der Waals surface area contributed by atoms with Gasteiger partial charge in [-0.1, -0.05) is 29.8 Å². The van der Waals surface area contributed by atoms with Gasteiger partial charge in [-0.05, 0) is 18.2 Å². The summed E-state index contributed by atoms with van der Waals surface area (Å²) in [4.78, 5) is 30.8. The van der Waals surface area contributed by atoms with Gasteiger partial charge in [-0.2, -0.15) is 10.1 Å². The summed E-state index contributed by atoms with van der Waals surface area (Å²) in [5.74, 6) is 0.749. The number of anilines is 2. The molecule has 0 radical (unpaired) electrons. The van der Waals surface area contributed by atoms with Gasteiger partial charge in [0.15, 0.2) is 5.82 Å². The van der Waals surface area contributed by atoms with Gasteiger partial charge in [0.05, 0.1) is 11.4 Å². The highest BCUT2D eigenvalue weighted by Crippen LogP contribution is 2.31. The van der Waals surface area contributed by atoms with Gasteiger partial charge in [0.25, 0.3) is 0 Å². The number of aromatic nitrogens is 5. The predicted octanol–water partition coefficient (Wildman–Crippen LogP) is 2.56. The molecule has 1 saturated heterocycles. The number of nitrogens with zero attached hydrogens (tertiary/aromatic N) is 4. The van der Waals surface area contributed by atoms with Crippen molar-refractivity contribution >= 4 is 50.4 Å². The third kappa shape index (κ3) is 3.32. The number of hydrogen-bond acceptors (Lipinski definition) is 5. The molecule has 1 atom stereocenters. The van der Waals surface area contributed by atoms with Gasteiger partial charge in [-0.15, -0.1) is 5.10 Å².